The summed E-state index contributed by atoms with van der Waals surface area (Å²) in [5.41, 5.74) is 0.826. The number of aryl methyl sites for hydroxylation is 1. The fourth-order valence-electron chi connectivity index (χ4n) is 2.83. The fraction of sp³-hybridized carbons (Fsp3) is 0.182. The van der Waals surface area contributed by atoms with Crippen molar-refractivity contribution in [3.8, 4) is 11.8 Å². The number of halogens is 2. The first-order valence-electron chi connectivity index (χ1n) is 10.1. The summed E-state index contributed by atoms with van der Waals surface area (Å²) in [5.74, 6) is -2.72. The second-order valence-corrected chi connectivity index (χ2v) is 8.75. The zero-order valence-electron chi connectivity index (χ0n) is 20.6. The molecule has 0 aliphatic rings. The number of rotatable bonds is 9. The molecule has 0 fully saturated rings. The summed E-state index contributed by atoms with van der Waals surface area (Å²) in [7, 11) is -4.10. The second-order valence-electron chi connectivity index (χ2n) is 7.09. The van der Waals surface area contributed by atoms with Crippen LogP contribution in [0.1, 0.15) is 20.3 Å². The first-order valence-corrected chi connectivity index (χ1v) is 11.6. The van der Waals surface area contributed by atoms with Crippen molar-refractivity contribution in [2.75, 3.05) is 17.2 Å². The fourth-order valence-corrected chi connectivity index (χ4v) is 4.16. The number of carbonyl (C=O) groups is 1. The minimum absolute atomic E-state index is 0. The quantitative estimate of drug-likeness (QED) is 0.344. The van der Waals surface area contributed by atoms with Crippen LogP contribution in [0.15, 0.2) is 47.5 Å². The number of amides is 1. The molecule has 0 aliphatic heterocycles. The predicted molar refractivity (Wildman–Crippen MR) is 124 cm³/mol. The molecule has 3 N–H and O–H groups in total. The van der Waals surface area contributed by atoms with Crippen LogP contribution >= 0.6 is 0 Å². The Morgan fingerprint density at radius 3 is 2.50 bits per heavy atom. The number of nitrogens with one attached hydrogen (secondary N) is 3. The molecule has 14 heteroatoms. The molecule has 0 unspecified atom stereocenters. The van der Waals surface area contributed by atoms with Gasteiger partial charge < -0.3 is 16.8 Å². The van der Waals surface area contributed by atoms with E-state index in [4.69, 9.17) is 10.00 Å². The molecule has 3 rings (SSSR count). The number of benzene rings is 2. The van der Waals surface area contributed by atoms with Gasteiger partial charge in [0.15, 0.2) is 29.8 Å². The Kier molecular flexibility index (Phi) is 10.1. The third kappa shape index (κ3) is 7.34. The average Bonchev–Trinajstić information content (AvgIpc) is 2.81. The van der Waals surface area contributed by atoms with Gasteiger partial charge in [-0.1, -0.05) is 13.0 Å². The van der Waals surface area contributed by atoms with Crippen LogP contribution in [0.2, 0.25) is 0 Å². The maximum atomic E-state index is 14.3. The van der Waals surface area contributed by atoms with Gasteiger partial charge in [-0.25, -0.2) is 26.9 Å². The molecule has 0 aliphatic carbocycles. The minimum Gasteiger partial charge on any atom is -1.00 e. The summed E-state index contributed by atoms with van der Waals surface area (Å²) < 4.78 is 60.4. The van der Waals surface area contributed by atoms with Gasteiger partial charge in [0.05, 0.1) is 11.1 Å². The average molecular weight is 527 g/mol. The number of anilines is 4. The molecule has 0 atom stereocenters. The number of carbonyl (C=O) groups excluding carboxylic acids is 1. The van der Waals surface area contributed by atoms with Crippen LogP contribution in [0.25, 0.3) is 0 Å². The molecule has 0 radical (unpaired) electrons. The number of hydrogen-bond donors (Lipinski definition) is 3. The van der Waals surface area contributed by atoms with E-state index in [9.17, 15) is 22.0 Å². The number of aromatic nitrogens is 2. The Labute approximate surface area is 229 Å². The normalized spacial score (nSPS) is 10.5. The molecule has 36 heavy (non-hydrogen) atoms. The van der Waals surface area contributed by atoms with Crippen LogP contribution in [0, 0.1) is 29.9 Å². The summed E-state index contributed by atoms with van der Waals surface area (Å²) in [6.45, 7) is 2.77. The Morgan fingerprint density at radius 1 is 1.14 bits per heavy atom. The standard InChI is InChI=1S/C22H20F2N6O4S.Na.H/c1-3-20(31)30-35(32,33)19-11-15(5-4-13(19)2)28-22-26-12-17(24)21(29-22)27-14-6-7-18(16(23)10-14)34-9-8-25;;/h4-7,10-12H,3,9H2,1-2H3,(H,30,31)(H2,26,27,28,29);;/q;+1;-1. The van der Waals surface area contributed by atoms with Crippen LogP contribution in [-0.2, 0) is 14.8 Å². The Bertz CT molecular complexity index is 1420. The molecule has 1 aromatic heterocycles. The van der Waals surface area contributed by atoms with Crippen molar-refractivity contribution < 1.29 is 57.7 Å². The van der Waals surface area contributed by atoms with Gasteiger partial charge in [-0.2, -0.15) is 10.2 Å². The number of ether oxygens (including phenoxy) is 1. The van der Waals surface area contributed by atoms with E-state index in [1.165, 1.54) is 31.2 Å². The van der Waals surface area contributed by atoms with Crippen molar-refractivity contribution in [2.45, 2.75) is 25.2 Å². The number of hydrogen-bond acceptors (Lipinski definition) is 9. The van der Waals surface area contributed by atoms with E-state index in [1.54, 1.807) is 19.1 Å². The third-order valence-electron chi connectivity index (χ3n) is 4.53. The molecule has 0 saturated carbocycles. The van der Waals surface area contributed by atoms with Crippen LogP contribution in [-0.4, -0.2) is 30.9 Å². The summed E-state index contributed by atoms with van der Waals surface area (Å²) in [5, 5.41) is 13.9. The SMILES string of the molecule is CCC(=O)NS(=O)(=O)c1cc(Nc2ncc(F)c(Nc3ccc(OCC#N)c(F)c3)n2)ccc1C.[H-].[Na+]. The molecule has 2 aromatic carbocycles. The Morgan fingerprint density at radius 2 is 1.83 bits per heavy atom. The minimum atomic E-state index is -4.10. The first-order chi connectivity index (χ1) is 16.6. The van der Waals surface area contributed by atoms with Crippen LogP contribution in [0.4, 0.5) is 31.9 Å². The molecule has 1 amide bonds. The van der Waals surface area contributed by atoms with E-state index in [1.807, 2.05) is 4.72 Å². The summed E-state index contributed by atoms with van der Waals surface area (Å²) in [6.07, 6.45) is 0.876. The second kappa shape index (κ2) is 12.6. The van der Waals surface area contributed by atoms with Crippen LogP contribution in [0.5, 0.6) is 5.75 Å². The molecule has 0 spiro atoms. The molecular weight excluding hydrogens is 505 g/mol. The van der Waals surface area contributed by atoms with Crippen molar-refractivity contribution in [2.24, 2.45) is 0 Å². The van der Waals surface area contributed by atoms with Gasteiger partial charge in [-0.15, -0.1) is 0 Å². The molecule has 184 valence electrons. The van der Waals surface area contributed by atoms with Gasteiger partial charge >= 0.3 is 29.6 Å². The Balaban J connectivity index is 0.00000342. The molecular formula is C22H21F2N6NaO4S. The predicted octanol–water partition coefficient (Wildman–Crippen LogP) is 0.784. The van der Waals surface area contributed by atoms with Crippen molar-refractivity contribution in [3.05, 3.63) is 59.8 Å². The molecule has 0 saturated heterocycles. The third-order valence-corrected chi connectivity index (χ3v) is 6.05. The number of nitrogens with zero attached hydrogens (tertiary/aromatic N) is 3. The van der Waals surface area contributed by atoms with E-state index in [0.29, 0.717) is 5.56 Å². The first kappa shape index (κ1) is 28.9. The largest absolute Gasteiger partial charge is 1.00 e. The topological polar surface area (TPSA) is 146 Å². The van der Waals surface area contributed by atoms with E-state index < -0.39 is 27.6 Å². The maximum absolute atomic E-state index is 14.3. The van der Waals surface area contributed by atoms with Crippen LogP contribution < -0.4 is 49.6 Å². The summed E-state index contributed by atoms with van der Waals surface area (Å²) in [4.78, 5) is 19.3. The summed E-state index contributed by atoms with van der Waals surface area (Å²) in [6, 6.07) is 9.83. The van der Waals surface area contributed by atoms with Gasteiger partial charge in [0.1, 0.15) is 6.07 Å². The zero-order valence-corrected chi connectivity index (χ0v) is 22.4. The van der Waals surface area contributed by atoms with Crippen molar-refractivity contribution >= 4 is 39.1 Å². The molecule has 0 bridgehead atoms. The monoisotopic (exact) mass is 526 g/mol. The van der Waals surface area contributed by atoms with E-state index >= 15 is 0 Å². The summed E-state index contributed by atoms with van der Waals surface area (Å²) >= 11 is 0. The Hall–Kier alpha value is -3.31. The van der Waals surface area contributed by atoms with E-state index in [-0.39, 0.29) is 77.8 Å². The van der Waals surface area contributed by atoms with Crippen molar-refractivity contribution in [1.82, 2.24) is 14.7 Å². The molecule has 1 heterocycles. The molecule has 10 nitrogen and oxygen atoms in total. The van der Waals surface area contributed by atoms with Gasteiger partial charge in [0, 0.05) is 23.9 Å². The number of sulfonamides is 1. The van der Waals surface area contributed by atoms with Gasteiger partial charge in [0.25, 0.3) is 10.0 Å². The zero-order chi connectivity index (χ0) is 25.6. The van der Waals surface area contributed by atoms with Gasteiger partial charge in [-0.05, 0) is 36.8 Å². The van der Waals surface area contributed by atoms with Gasteiger partial charge in [0.2, 0.25) is 11.9 Å². The number of nitriles is 1. The van der Waals surface area contributed by atoms with E-state index in [2.05, 4.69) is 20.6 Å². The van der Waals surface area contributed by atoms with E-state index in [0.717, 1.165) is 12.3 Å². The van der Waals surface area contributed by atoms with Crippen LogP contribution in [0.3, 0.4) is 0 Å². The molecule has 3 aromatic rings. The maximum Gasteiger partial charge on any atom is 1.00 e. The van der Waals surface area contributed by atoms with Gasteiger partial charge in [-0.3, -0.25) is 4.79 Å². The van der Waals surface area contributed by atoms with Crippen molar-refractivity contribution in [3.63, 3.8) is 0 Å². The van der Waals surface area contributed by atoms with Crippen molar-refractivity contribution in [1.29, 1.82) is 5.26 Å². The smallest absolute Gasteiger partial charge is 1.00 e.